The van der Waals surface area contributed by atoms with E-state index in [-0.39, 0.29) is 0 Å². The smallest absolute Gasteiger partial charge is 0.401 e. The first kappa shape index (κ1) is 28.3. The Kier molecular flexibility index (Phi) is 7.98. The number of benzene rings is 2. The molecular weight excluding hydrogens is 509 g/mol. The highest BCUT2D eigenvalue weighted by Crippen LogP contribution is 2.41. The van der Waals surface area contributed by atoms with Crippen molar-refractivity contribution in [1.29, 1.82) is 0 Å². The summed E-state index contributed by atoms with van der Waals surface area (Å²) >= 11 is 0. The number of halogens is 7. The molecule has 2 aromatic carbocycles. The standard InChI is InChI=1S/C21H23F7O4SSi/c1-18(2,3)34(16-10-6-4-7-11-16,17-12-8-5-9-13-17)32-15-20(24,25)19(22,23)14-31-33(29,30)21(26,27)28/h4-13H,14-15H2,1-3H3. The third-order valence-corrected chi connectivity index (χ3v) is 11.1. The first-order valence-corrected chi connectivity index (χ1v) is 13.2. The van der Waals surface area contributed by atoms with Crippen LogP contribution in [-0.4, -0.2) is 47.3 Å². The molecule has 2 aromatic rings. The third kappa shape index (κ3) is 5.64. The minimum absolute atomic E-state index is 0.503. The van der Waals surface area contributed by atoms with Crippen molar-refractivity contribution >= 4 is 28.8 Å². The largest absolute Gasteiger partial charge is 0.523 e. The lowest BCUT2D eigenvalue weighted by Gasteiger charge is -2.44. The van der Waals surface area contributed by atoms with Gasteiger partial charge in [-0.15, -0.1) is 0 Å². The molecule has 0 aliphatic rings. The van der Waals surface area contributed by atoms with Crippen LogP contribution in [0, 0.1) is 0 Å². The van der Waals surface area contributed by atoms with Crippen molar-refractivity contribution in [2.75, 3.05) is 13.2 Å². The van der Waals surface area contributed by atoms with Crippen LogP contribution in [0.25, 0.3) is 0 Å². The molecule has 0 fully saturated rings. The molecule has 13 heteroatoms. The van der Waals surface area contributed by atoms with Gasteiger partial charge in [0.2, 0.25) is 0 Å². The SMILES string of the molecule is CC(C)(C)[Si](OCC(F)(F)C(F)(F)COS(=O)(=O)C(F)(F)F)(c1ccccc1)c1ccccc1. The van der Waals surface area contributed by atoms with Crippen LogP contribution in [0.4, 0.5) is 30.7 Å². The van der Waals surface area contributed by atoms with E-state index in [4.69, 9.17) is 4.43 Å². The van der Waals surface area contributed by atoms with Gasteiger partial charge in [-0.25, -0.2) is 0 Å². The van der Waals surface area contributed by atoms with E-state index < -0.39 is 54.0 Å². The van der Waals surface area contributed by atoms with Crippen LogP contribution in [-0.2, 0) is 18.7 Å². The Morgan fingerprint density at radius 2 is 1.09 bits per heavy atom. The van der Waals surface area contributed by atoms with Gasteiger partial charge in [0.05, 0.1) is 0 Å². The van der Waals surface area contributed by atoms with E-state index in [0.717, 1.165) is 0 Å². The van der Waals surface area contributed by atoms with Gasteiger partial charge >= 0.3 is 27.5 Å². The molecule has 0 N–H and O–H groups in total. The molecule has 0 spiro atoms. The summed E-state index contributed by atoms with van der Waals surface area (Å²) in [5.41, 5.74) is -6.04. The van der Waals surface area contributed by atoms with Crippen molar-refractivity contribution in [1.82, 2.24) is 0 Å². The predicted molar refractivity (Wildman–Crippen MR) is 114 cm³/mol. The minimum atomic E-state index is -6.49. The van der Waals surface area contributed by atoms with Crippen LogP contribution in [0.2, 0.25) is 5.04 Å². The van der Waals surface area contributed by atoms with Crippen LogP contribution in [0.15, 0.2) is 60.7 Å². The van der Waals surface area contributed by atoms with E-state index in [9.17, 15) is 39.2 Å². The van der Waals surface area contributed by atoms with Gasteiger partial charge < -0.3 is 4.43 Å². The second-order valence-electron chi connectivity index (χ2n) is 8.52. The quantitative estimate of drug-likeness (QED) is 0.203. The Hall–Kier alpha value is -1.96. The molecule has 0 saturated carbocycles. The molecule has 0 amide bonds. The van der Waals surface area contributed by atoms with Crippen molar-refractivity contribution in [3.63, 3.8) is 0 Å². The molecule has 190 valence electrons. The van der Waals surface area contributed by atoms with Crippen molar-refractivity contribution in [2.24, 2.45) is 0 Å². The zero-order valence-electron chi connectivity index (χ0n) is 18.4. The number of hydrogen-bond donors (Lipinski definition) is 0. The van der Waals surface area contributed by atoms with Crippen LogP contribution >= 0.6 is 0 Å². The summed E-state index contributed by atoms with van der Waals surface area (Å²) in [6.07, 6.45) is 0. The highest BCUT2D eigenvalue weighted by molar-refractivity contribution is 7.87. The van der Waals surface area contributed by atoms with Gasteiger partial charge in [-0.2, -0.15) is 39.2 Å². The van der Waals surface area contributed by atoms with Crippen LogP contribution in [0.1, 0.15) is 20.8 Å². The van der Waals surface area contributed by atoms with Crippen LogP contribution < -0.4 is 10.4 Å². The molecule has 0 saturated heterocycles. The molecule has 4 nitrogen and oxygen atoms in total. The molecule has 0 atom stereocenters. The van der Waals surface area contributed by atoms with Gasteiger partial charge in [-0.1, -0.05) is 81.4 Å². The summed E-state index contributed by atoms with van der Waals surface area (Å²) in [5, 5.41) is 0.157. The van der Waals surface area contributed by atoms with E-state index in [1.165, 1.54) is 0 Å². The highest BCUT2D eigenvalue weighted by Gasteiger charge is 2.61. The summed E-state index contributed by atoms with van der Waals surface area (Å²) < 4.78 is 125. The van der Waals surface area contributed by atoms with E-state index in [1.54, 1.807) is 81.4 Å². The summed E-state index contributed by atoms with van der Waals surface area (Å²) in [6.45, 7) is 0.520. The first-order chi connectivity index (χ1) is 15.4. The maximum atomic E-state index is 14.6. The molecule has 0 aliphatic carbocycles. The molecule has 0 aliphatic heterocycles. The molecule has 2 rings (SSSR count). The van der Waals surface area contributed by atoms with Crippen LogP contribution in [0.5, 0.6) is 0 Å². The molecule has 0 unspecified atom stereocenters. The Balaban J connectivity index is 2.45. The van der Waals surface area contributed by atoms with E-state index in [2.05, 4.69) is 4.18 Å². The summed E-state index contributed by atoms with van der Waals surface area (Å²) in [7, 11) is -10.2. The fourth-order valence-electron chi connectivity index (χ4n) is 3.39. The van der Waals surface area contributed by atoms with Crippen molar-refractivity contribution < 1.29 is 47.8 Å². The molecule has 0 heterocycles. The normalized spacial score (nSPS) is 14.3. The Bertz CT molecular complexity index is 1010. The summed E-state index contributed by atoms with van der Waals surface area (Å²) in [4.78, 5) is 0. The highest BCUT2D eigenvalue weighted by atomic mass is 32.2. The van der Waals surface area contributed by atoms with Gasteiger partial charge in [0.15, 0.2) is 0 Å². The molecule has 0 radical (unpaired) electrons. The second-order valence-corrected chi connectivity index (χ2v) is 14.4. The average molecular weight is 533 g/mol. The lowest BCUT2D eigenvalue weighted by Crippen LogP contribution is -2.68. The Morgan fingerprint density at radius 1 is 0.706 bits per heavy atom. The first-order valence-electron chi connectivity index (χ1n) is 9.84. The zero-order chi connectivity index (χ0) is 26.1. The third-order valence-electron chi connectivity index (χ3n) is 5.10. The van der Waals surface area contributed by atoms with E-state index in [1.807, 2.05) is 0 Å². The van der Waals surface area contributed by atoms with Crippen molar-refractivity contribution in [3.05, 3.63) is 60.7 Å². The lowest BCUT2D eigenvalue weighted by atomic mass is 10.2. The Labute approximate surface area is 193 Å². The maximum Gasteiger partial charge on any atom is 0.523 e. The second kappa shape index (κ2) is 9.59. The minimum Gasteiger partial charge on any atom is -0.401 e. The summed E-state index contributed by atoms with van der Waals surface area (Å²) in [5.74, 6) is -10.3. The topological polar surface area (TPSA) is 52.6 Å². The van der Waals surface area contributed by atoms with Gasteiger partial charge in [0, 0.05) is 0 Å². The lowest BCUT2D eigenvalue weighted by molar-refractivity contribution is -0.234. The molecule has 34 heavy (non-hydrogen) atoms. The van der Waals surface area contributed by atoms with Gasteiger partial charge in [-0.05, 0) is 15.4 Å². The predicted octanol–water partition coefficient (Wildman–Crippen LogP) is 4.70. The zero-order valence-corrected chi connectivity index (χ0v) is 20.2. The Morgan fingerprint density at radius 3 is 1.44 bits per heavy atom. The molecule has 0 aromatic heterocycles. The van der Waals surface area contributed by atoms with Gasteiger partial charge in [-0.3, -0.25) is 4.18 Å². The van der Waals surface area contributed by atoms with Crippen LogP contribution in [0.3, 0.4) is 0 Å². The average Bonchev–Trinajstić information content (AvgIpc) is 2.72. The number of alkyl halides is 7. The van der Waals surface area contributed by atoms with E-state index >= 15 is 0 Å². The fraction of sp³-hybridized carbons (Fsp3) is 0.429. The maximum absolute atomic E-state index is 14.6. The number of rotatable bonds is 9. The number of hydrogen-bond acceptors (Lipinski definition) is 4. The molecule has 0 bridgehead atoms. The fourth-order valence-corrected chi connectivity index (χ4v) is 8.38. The van der Waals surface area contributed by atoms with Gasteiger partial charge in [0.25, 0.3) is 8.32 Å². The monoisotopic (exact) mass is 532 g/mol. The van der Waals surface area contributed by atoms with E-state index in [0.29, 0.717) is 10.4 Å². The summed E-state index contributed by atoms with van der Waals surface area (Å²) in [6, 6.07) is 16.4. The van der Waals surface area contributed by atoms with Gasteiger partial charge in [0.1, 0.15) is 13.2 Å². The molecular formula is C21H23F7O4SSi. The van der Waals surface area contributed by atoms with Crippen molar-refractivity contribution in [2.45, 2.75) is 43.2 Å². The van der Waals surface area contributed by atoms with Crippen molar-refractivity contribution in [3.8, 4) is 0 Å².